The summed E-state index contributed by atoms with van der Waals surface area (Å²) >= 11 is 0. The summed E-state index contributed by atoms with van der Waals surface area (Å²) in [5, 5.41) is 24.4. The molecule has 2 atom stereocenters. The first-order valence-electron chi connectivity index (χ1n) is 14.6. The van der Waals surface area contributed by atoms with Crippen LogP contribution in [0.15, 0.2) is 18.5 Å². The van der Waals surface area contributed by atoms with E-state index in [9.17, 15) is 22.8 Å². The van der Waals surface area contributed by atoms with E-state index in [1.165, 1.54) is 17.1 Å². The molecule has 0 saturated heterocycles. The number of aromatic nitrogens is 8. The molecule has 0 bridgehead atoms. The number of tetrazole rings is 1. The highest BCUT2D eigenvalue weighted by Crippen LogP contribution is 2.59. The Morgan fingerprint density at radius 1 is 1.09 bits per heavy atom. The maximum Gasteiger partial charge on any atom is 0.408 e. The van der Waals surface area contributed by atoms with Gasteiger partial charge in [0.1, 0.15) is 30.0 Å². The van der Waals surface area contributed by atoms with E-state index in [2.05, 4.69) is 36.4 Å². The predicted octanol–water partition coefficient (Wildman–Crippen LogP) is 3.91. The number of nitrogens with one attached hydrogen (secondary N) is 2. The van der Waals surface area contributed by atoms with E-state index in [1.807, 2.05) is 20.8 Å². The number of halogens is 4. The van der Waals surface area contributed by atoms with Crippen LogP contribution in [0.25, 0.3) is 0 Å². The summed E-state index contributed by atoms with van der Waals surface area (Å²) in [6.45, 7) is 4.40. The number of carbonyl (C=O) groups excluding carboxylic acids is 2. The van der Waals surface area contributed by atoms with Crippen LogP contribution in [-0.4, -0.2) is 63.8 Å². The molecular formula is C27H34F4N10O2. The van der Waals surface area contributed by atoms with Crippen molar-refractivity contribution in [3.63, 3.8) is 0 Å². The Labute approximate surface area is 244 Å². The molecule has 0 aliphatic heterocycles. The lowest BCUT2D eigenvalue weighted by molar-refractivity contribution is -0.143. The summed E-state index contributed by atoms with van der Waals surface area (Å²) in [7, 11) is 0. The fourth-order valence-electron chi connectivity index (χ4n) is 6.29. The average molecular weight is 607 g/mol. The average Bonchev–Trinajstić information content (AvgIpc) is 3.85. The highest BCUT2D eigenvalue weighted by Gasteiger charge is 2.57. The van der Waals surface area contributed by atoms with Crippen LogP contribution in [0.4, 0.5) is 23.2 Å². The highest BCUT2D eigenvalue weighted by atomic mass is 19.4. The molecule has 43 heavy (non-hydrogen) atoms. The van der Waals surface area contributed by atoms with Gasteiger partial charge in [-0.1, -0.05) is 6.92 Å². The van der Waals surface area contributed by atoms with Gasteiger partial charge >= 0.3 is 6.18 Å². The van der Waals surface area contributed by atoms with Crippen LogP contribution in [-0.2, 0) is 11.3 Å². The Kier molecular flexibility index (Phi) is 7.27. The summed E-state index contributed by atoms with van der Waals surface area (Å²) in [4.78, 5) is 27.4. The van der Waals surface area contributed by atoms with Crippen LogP contribution in [0.2, 0.25) is 0 Å². The van der Waals surface area contributed by atoms with Crippen molar-refractivity contribution in [2.24, 2.45) is 23.2 Å². The fraction of sp³-hybridized carbons (Fsp3) is 0.667. The van der Waals surface area contributed by atoms with E-state index in [0.717, 1.165) is 25.7 Å². The van der Waals surface area contributed by atoms with Crippen LogP contribution < -0.4 is 10.6 Å². The van der Waals surface area contributed by atoms with Crippen molar-refractivity contribution in [2.75, 3.05) is 5.32 Å². The molecule has 1 unspecified atom stereocenters. The minimum atomic E-state index is -4.56. The number of carbonyl (C=O) groups is 2. The van der Waals surface area contributed by atoms with Gasteiger partial charge in [-0.2, -0.15) is 22.7 Å². The largest absolute Gasteiger partial charge is 0.408 e. The van der Waals surface area contributed by atoms with Crippen molar-refractivity contribution >= 4 is 17.5 Å². The standard InChI is InChI=1S/C27H34F4N10O2/c1-14(2)41-19(10-11-32-41)24(42)34-21(26(3,16-6-7-16)17-8-9-17)25(43)33-18-12-39(36-22(18)28)20(15-4-5-15)23-35-37-38-40(23)13-27(29,30)31/h10-12,14-17,20-21H,4-9,13H2,1-3H3,(H,33,43)(H,34,42)/t20?,21-/m1/s1. The van der Waals surface area contributed by atoms with E-state index in [0.29, 0.717) is 23.2 Å². The Hall–Kier alpha value is -3.85. The Morgan fingerprint density at radius 3 is 2.35 bits per heavy atom. The van der Waals surface area contributed by atoms with Crippen LogP contribution in [0.5, 0.6) is 0 Å². The lowest BCUT2D eigenvalue weighted by Gasteiger charge is -2.38. The number of hydrogen-bond donors (Lipinski definition) is 2. The van der Waals surface area contributed by atoms with E-state index >= 15 is 4.39 Å². The molecule has 3 aliphatic rings. The van der Waals surface area contributed by atoms with Crippen LogP contribution in [0.3, 0.4) is 0 Å². The number of rotatable bonds is 12. The van der Waals surface area contributed by atoms with Gasteiger partial charge in [0, 0.05) is 17.7 Å². The third-order valence-corrected chi connectivity index (χ3v) is 8.92. The highest BCUT2D eigenvalue weighted by molar-refractivity contribution is 6.01. The zero-order valence-electron chi connectivity index (χ0n) is 24.1. The molecule has 0 spiro atoms. The van der Waals surface area contributed by atoms with Gasteiger partial charge in [0.2, 0.25) is 5.91 Å². The SMILES string of the molecule is CC(C)n1nccc1C(=O)N[C@H](C(=O)Nc1cn(C(c2nnnn2CC(F)(F)F)C2CC2)nc1F)C(C)(C1CC1)C1CC1. The van der Waals surface area contributed by atoms with Crippen LogP contribution >= 0.6 is 0 Å². The third kappa shape index (κ3) is 5.87. The normalized spacial score (nSPS) is 19.0. The van der Waals surface area contributed by atoms with Crippen molar-refractivity contribution in [2.45, 2.75) is 90.1 Å². The first kappa shape index (κ1) is 29.2. The van der Waals surface area contributed by atoms with Gasteiger partial charge in [-0.05, 0) is 86.6 Å². The van der Waals surface area contributed by atoms with Gasteiger partial charge in [-0.15, -0.1) is 10.2 Å². The van der Waals surface area contributed by atoms with E-state index in [-0.39, 0.29) is 35.3 Å². The minimum Gasteiger partial charge on any atom is -0.338 e. The molecule has 3 aromatic rings. The number of hydrogen-bond acceptors (Lipinski definition) is 7. The number of nitrogens with zero attached hydrogens (tertiary/aromatic N) is 8. The maximum absolute atomic E-state index is 15.3. The van der Waals surface area contributed by atoms with Crippen molar-refractivity contribution in [3.05, 3.63) is 35.9 Å². The second kappa shape index (κ2) is 10.7. The molecule has 0 aromatic carbocycles. The molecular weight excluding hydrogens is 572 g/mol. The van der Waals surface area contributed by atoms with Crippen LogP contribution in [0, 0.1) is 29.1 Å². The molecule has 2 amide bonds. The molecule has 0 radical (unpaired) electrons. The fourth-order valence-corrected chi connectivity index (χ4v) is 6.29. The molecule has 16 heteroatoms. The zero-order valence-corrected chi connectivity index (χ0v) is 24.1. The van der Waals surface area contributed by atoms with Gasteiger partial charge in [-0.3, -0.25) is 19.0 Å². The Morgan fingerprint density at radius 2 is 1.77 bits per heavy atom. The van der Waals surface area contributed by atoms with Gasteiger partial charge < -0.3 is 10.6 Å². The quantitative estimate of drug-likeness (QED) is 0.298. The molecule has 6 rings (SSSR count). The van der Waals surface area contributed by atoms with Gasteiger partial charge in [0.05, 0.1) is 6.20 Å². The van der Waals surface area contributed by atoms with Crippen molar-refractivity contribution < 1.29 is 27.2 Å². The molecule has 3 aliphatic carbocycles. The number of amides is 2. The topological polar surface area (TPSA) is 137 Å². The summed E-state index contributed by atoms with van der Waals surface area (Å²) in [6, 6.07) is -0.328. The molecule has 3 fully saturated rings. The summed E-state index contributed by atoms with van der Waals surface area (Å²) < 4.78 is 58.1. The molecule has 12 nitrogen and oxygen atoms in total. The molecule has 3 aromatic heterocycles. The van der Waals surface area contributed by atoms with E-state index in [1.54, 1.807) is 10.7 Å². The van der Waals surface area contributed by atoms with Gasteiger partial charge in [0.15, 0.2) is 5.82 Å². The molecule has 3 heterocycles. The van der Waals surface area contributed by atoms with Crippen molar-refractivity contribution in [1.82, 2.24) is 45.1 Å². The number of alkyl halides is 3. The van der Waals surface area contributed by atoms with E-state index in [4.69, 9.17) is 0 Å². The smallest absolute Gasteiger partial charge is 0.338 e. The third-order valence-electron chi connectivity index (χ3n) is 8.92. The summed E-state index contributed by atoms with van der Waals surface area (Å²) in [5.74, 6) is -1.84. The Bertz CT molecular complexity index is 1490. The molecule has 232 valence electrons. The van der Waals surface area contributed by atoms with Crippen LogP contribution in [0.1, 0.15) is 87.7 Å². The van der Waals surface area contributed by atoms with Gasteiger partial charge in [-0.25, -0.2) is 4.68 Å². The predicted molar refractivity (Wildman–Crippen MR) is 143 cm³/mol. The lowest BCUT2D eigenvalue weighted by atomic mass is 9.72. The Balaban J connectivity index is 1.28. The summed E-state index contributed by atoms with van der Waals surface area (Å²) in [5.41, 5.74) is -0.485. The molecule has 2 N–H and O–H groups in total. The summed E-state index contributed by atoms with van der Waals surface area (Å²) in [6.07, 6.45) is 3.28. The second-order valence-corrected chi connectivity index (χ2v) is 12.5. The lowest BCUT2D eigenvalue weighted by Crippen LogP contribution is -2.55. The first-order valence-corrected chi connectivity index (χ1v) is 14.6. The first-order chi connectivity index (χ1) is 20.4. The van der Waals surface area contributed by atoms with Gasteiger partial charge in [0.25, 0.3) is 11.9 Å². The second-order valence-electron chi connectivity index (χ2n) is 12.5. The monoisotopic (exact) mass is 606 g/mol. The zero-order chi connectivity index (χ0) is 30.7. The molecule has 3 saturated carbocycles. The maximum atomic E-state index is 15.3. The minimum absolute atomic E-state index is 0.0854. The number of anilines is 1. The van der Waals surface area contributed by atoms with Crippen molar-refractivity contribution in [3.8, 4) is 0 Å². The van der Waals surface area contributed by atoms with Crippen molar-refractivity contribution in [1.29, 1.82) is 0 Å². The van der Waals surface area contributed by atoms with E-state index < -0.39 is 48.0 Å².